The van der Waals surface area contributed by atoms with Gasteiger partial charge in [0, 0.05) is 13.0 Å². The first kappa shape index (κ1) is 17.7. The van der Waals surface area contributed by atoms with Crippen molar-refractivity contribution in [2.75, 3.05) is 13.7 Å². The van der Waals surface area contributed by atoms with Crippen molar-refractivity contribution < 1.29 is 19.0 Å². The second kappa shape index (κ2) is 6.87. The van der Waals surface area contributed by atoms with Gasteiger partial charge >= 0.3 is 0 Å². The SMILES string of the molecule is CO[C@@H]1OC=C(CO)[C@H]2CC=C(C(O[SiH](C)C)C(C)(C)C)[C@@H]12. The third kappa shape index (κ3) is 3.48. The van der Waals surface area contributed by atoms with Crippen molar-refractivity contribution in [2.45, 2.75) is 52.7 Å². The van der Waals surface area contributed by atoms with E-state index in [0.29, 0.717) is 0 Å². The van der Waals surface area contributed by atoms with E-state index >= 15 is 0 Å². The molecule has 4 nitrogen and oxygen atoms in total. The predicted octanol–water partition coefficient (Wildman–Crippen LogP) is 2.84. The molecule has 0 aromatic rings. The third-order valence-electron chi connectivity index (χ3n) is 4.46. The number of hydrogen-bond acceptors (Lipinski definition) is 4. The van der Waals surface area contributed by atoms with E-state index in [1.807, 2.05) is 0 Å². The number of aliphatic hydroxyl groups excluding tert-OH is 1. The molecule has 2 aliphatic rings. The largest absolute Gasteiger partial charge is 0.472 e. The number of rotatable bonds is 5. The zero-order valence-corrected chi connectivity index (χ0v) is 15.8. The Hall–Kier alpha value is -0.623. The quantitative estimate of drug-likeness (QED) is 0.623. The minimum absolute atomic E-state index is 0.0246. The van der Waals surface area contributed by atoms with Crippen LogP contribution in [0.15, 0.2) is 23.5 Å². The summed E-state index contributed by atoms with van der Waals surface area (Å²) in [6.07, 6.45) is 4.66. The lowest BCUT2D eigenvalue weighted by atomic mass is 9.76. The van der Waals surface area contributed by atoms with E-state index in [-0.39, 0.29) is 36.3 Å². The van der Waals surface area contributed by atoms with Gasteiger partial charge in [-0.3, -0.25) is 0 Å². The highest BCUT2D eigenvalue weighted by atomic mass is 28.3. The van der Waals surface area contributed by atoms with Crippen molar-refractivity contribution in [2.24, 2.45) is 17.3 Å². The van der Waals surface area contributed by atoms with Crippen molar-refractivity contribution in [3.63, 3.8) is 0 Å². The van der Waals surface area contributed by atoms with Crippen LogP contribution < -0.4 is 0 Å². The molecule has 0 aromatic heterocycles. The van der Waals surface area contributed by atoms with Gasteiger partial charge in [-0.2, -0.15) is 0 Å². The molecular formula is C17H30O4Si. The Bertz CT molecular complexity index is 450. The van der Waals surface area contributed by atoms with Gasteiger partial charge in [0.1, 0.15) is 0 Å². The fourth-order valence-corrected chi connectivity index (χ4v) is 4.64. The molecule has 0 saturated heterocycles. The number of fused-ring (bicyclic) bond motifs is 1. The topological polar surface area (TPSA) is 47.9 Å². The number of allylic oxidation sites excluding steroid dienone is 1. The summed E-state index contributed by atoms with van der Waals surface area (Å²) in [6.45, 7) is 11.1. The molecule has 2 rings (SSSR count). The minimum Gasteiger partial charge on any atom is -0.472 e. The minimum atomic E-state index is -1.17. The molecule has 1 unspecified atom stereocenters. The van der Waals surface area contributed by atoms with Crippen LogP contribution in [0.25, 0.3) is 0 Å². The highest BCUT2D eigenvalue weighted by Crippen LogP contribution is 2.47. The standard InChI is InChI=1S/C17H30O4Si/c1-17(2,3)15(21-22(5)6)13-8-7-12-11(9-18)10-20-16(19-4)14(12)13/h8,10,12,14-16,18,22H,7,9H2,1-6H3/t12-,14+,15?,16-/m1/s1. The van der Waals surface area contributed by atoms with Gasteiger partial charge in [-0.15, -0.1) is 0 Å². The first-order valence-electron chi connectivity index (χ1n) is 8.13. The highest BCUT2D eigenvalue weighted by molar-refractivity contribution is 6.48. The van der Waals surface area contributed by atoms with Crippen LogP contribution in [0.4, 0.5) is 0 Å². The third-order valence-corrected chi connectivity index (χ3v) is 5.28. The van der Waals surface area contributed by atoms with Gasteiger partial charge in [-0.1, -0.05) is 26.8 Å². The van der Waals surface area contributed by atoms with E-state index in [1.54, 1.807) is 13.4 Å². The van der Waals surface area contributed by atoms with Gasteiger partial charge < -0.3 is 19.0 Å². The van der Waals surface area contributed by atoms with E-state index in [9.17, 15) is 5.11 Å². The lowest BCUT2D eigenvalue weighted by Crippen LogP contribution is -2.42. The average molecular weight is 327 g/mol. The molecule has 126 valence electrons. The zero-order chi connectivity index (χ0) is 16.5. The van der Waals surface area contributed by atoms with Crippen molar-refractivity contribution in [3.05, 3.63) is 23.5 Å². The van der Waals surface area contributed by atoms with E-state index in [1.165, 1.54) is 5.57 Å². The molecule has 0 fully saturated rings. The molecule has 22 heavy (non-hydrogen) atoms. The molecule has 0 radical (unpaired) electrons. The van der Waals surface area contributed by atoms with Crippen LogP contribution in [0, 0.1) is 17.3 Å². The van der Waals surface area contributed by atoms with E-state index < -0.39 is 9.04 Å². The summed E-state index contributed by atoms with van der Waals surface area (Å²) >= 11 is 0. The molecule has 0 saturated carbocycles. The van der Waals surface area contributed by atoms with Crippen LogP contribution >= 0.6 is 0 Å². The Morgan fingerprint density at radius 1 is 1.41 bits per heavy atom. The molecule has 0 spiro atoms. The van der Waals surface area contributed by atoms with Crippen LogP contribution in [0.1, 0.15) is 27.2 Å². The summed E-state index contributed by atoms with van der Waals surface area (Å²) in [4.78, 5) is 0. The zero-order valence-electron chi connectivity index (χ0n) is 14.6. The summed E-state index contributed by atoms with van der Waals surface area (Å²) in [5.41, 5.74) is 2.26. The van der Waals surface area contributed by atoms with Gasteiger partial charge in [0.05, 0.1) is 24.9 Å². The first-order valence-corrected chi connectivity index (χ1v) is 10.9. The summed E-state index contributed by atoms with van der Waals surface area (Å²) in [6, 6.07) is 0. The summed E-state index contributed by atoms with van der Waals surface area (Å²) in [7, 11) is 0.508. The van der Waals surface area contributed by atoms with Gasteiger partial charge in [0.2, 0.25) is 6.29 Å². The Balaban J connectivity index is 2.32. The van der Waals surface area contributed by atoms with Crippen LogP contribution in [0.5, 0.6) is 0 Å². The van der Waals surface area contributed by atoms with Gasteiger partial charge in [-0.25, -0.2) is 0 Å². The Morgan fingerprint density at radius 2 is 2.09 bits per heavy atom. The first-order chi connectivity index (χ1) is 10.3. The molecule has 4 atom stereocenters. The molecule has 1 N–H and O–H groups in total. The predicted molar refractivity (Wildman–Crippen MR) is 89.9 cm³/mol. The fraction of sp³-hybridized carbons (Fsp3) is 0.765. The maximum absolute atomic E-state index is 9.59. The lowest BCUT2D eigenvalue weighted by Gasteiger charge is -2.41. The van der Waals surface area contributed by atoms with Crippen LogP contribution in [0.2, 0.25) is 13.1 Å². The number of aliphatic hydroxyl groups is 1. The van der Waals surface area contributed by atoms with Gasteiger partial charge in [-0.05, 0) is 36.1 Å². The summed E-state index contributed by atoms with van der Waals surface area (Å²) in [5, 5.41) is 9.59. The van der Waals surface area contributed by atoms with E-state index in [4.69, 9.17) is 13.9 Å². The van der Waals surface area contributed by atoms with Crippen LogP contribution in [-0.4, -0.2) is 40.3 Å². The molecule has 1 heterocycles. The monoisotopic (exact) mass is 326 g/mol. The second-order valence-corrected chi connectivity index (χ2v) is 9.96. The lowest BCUT2D eigenvalue weighted by molar-refractivity contribution is -0.133. The normalized spacial score (nSPS) is 29.7. The smallest absolute Gasteiger partial charge is 0.205 e. The van der Waals surface area contributed by atoms with Crippen LogP contribution in [0.3, 0.4) is 0 Å². The molecular weight excluding hydrogens is 296 g/mol. The summed E-state index contributed by atoms with van der Waals surface area (Å²) < 4.78 is 17.7. The number of hydrogen-bond donors (Lipinski definition) is 1. The van der Waals surface area contributed by atoms with E-state index in [0.717, 1.165) is 12.0 Å². The summed E-state index contributed by atoms with van der Waals surface area (Å²) in [5.74, 6) is 0.398. The molecule has 1 aliphatic carbocycles. The second-order valence-electron chi connectivity index (χ2n) is 7.59. The molecule has 1 aliphatic heterocycles. The van der Waals surface area contributed by atoms with Gasteiger partial charge in [0.15, 0.2) is 9.04 Å². The van der Waals surface area contributed by atoms with Crippen LogP contribution in [-0.2, 0) is 13.9 Å². The van der Waals surface area contributed by atoms with Crippen molar-refractivity contribution in [1.29, 1.82) is 0 Å². The number of methoxy groups -OCH3 is 1. The fourth-order valence-electron chi connectivity index (χ4n) is 3.53. The van der Waals surface area contributed by atoms with Crippen molar-refractivity contribution >= 4 is 9.04 Å². The van der Waals surface area contributed by atoms with Crippen molar-refractivity contribution in [1.82, 2.24) is 0 Å². The molecule has 0 bridgehead atoms. The van der Waals surface area contributed by atoms with E-state index in [2.05, 4.69) is 39.9 Å². The Morgan fingerprint density at radius 3 is 2.59 bits per heavy atom. The molecule has 0 amide bonds. The Kier molecular flexibility index (Phi) is 5.53. The molecule has 5 heteroatoms. The maximum Gasteiger partial charge on any atom is 0.205 e. The molecule has 0 aromatic carbocycles. The number of ether oxygens (including phenoxy) is 2. The maximum atomic E-state index is 9.59. The highest BCUT2D eigenvalue weighted by Gasteiger charge is 2.46. The average Bonchev–Trinajstić information content (AvgIpc) is 2.87. The Labute approximate surface area is 135 Å². The van der Waals surface area contributed by atoms with Crippen molar-refractivity contribution in [3.8, 4) is 0 Å². The van der Waals surface area contributed by atoms with Gasteiger partial charge in [0.25, 0.3) is 0 Å².